The molecule has 2 N–H and O–H groups in total. The van der Waals surface area contributed by atoms with Crippen molar-refractivity contribution < 1.29 is 4.74 Å². The van der Waals surface area contributed by atoms with Gasteiger partial charge in [-0.15, -0.1) is 0 Å². The van der Waals surface area contributed by atoms with Gasteiger partial charge in [-0.3, -0.25) is 0 Å². The molecule has 3 heteroatoms. The summed E-state index contributed by atoms with van der Waals surface area (Å²) in [7, 11) is 3.85. The number of hydrogen-bond donors (Lipinski definition) is 1. The molecule has 0 radical (unpaired) electrons. The summed E-state index contributed by atoms with van der Waals surface area (Å²) < 4.78 is 5.35. The van der Waals surface area contributed by atoms with Crippen LogP contribution in [0.2, 0.25) is 0 Å². The van der Waals surface area contributed by atoms with E-state index in [1.165, 1.54) is 11.1 Å². The van der Waals surface area contributed by atoms with Crippen molar-refractivity contribution in [3.63, 3.8) is 0 Å². The third-order valence-electron chi connectivity index (χ3n) is 3.57. The normalized spacial score (nSPS) is 12.8. The second kappa shape index (κ2) is 7.39. The van der Waals surface area contributed by atoms with Gasteiger partial charge in [0.1, 0.15) is 5.75 Å². The van der Waals surface area contributed by atoms with E-state index in [1.807, 2.05) is 0 Å². The first-order chi connectivity index (χ1) is 8.62. The first-order valence-electron chi connectivity index (χ1n) is 6.68. The first-order valence-corrected chi connectivity index (χ1v) is 6.68. The van der Waals surface area contributed by atoms with Gasteiger partial charge in [-0.05, 0) is 44.0 Å². The summed E-state index contributed by atoms with van der Waals surface area (Å²) in [4.78, 5) is 2.30. The number of hydrogen-bond acceptors (Lipinski definition) is 3. The Morgan fingerprint density at radius 1 is 1.39 bits per heavy atom. The second-order valence-electron chi connectivity index (χ2n) is 4.82. The van der Waals surface area contributed by atoms with E-state index in [-0.39, 0.29) is 0 Å². The highest BCUT2D eigenvalue weighted by molar-refractivity contribution is 5.37. The summed E-state index contributed by atoms with van der Waals surface area (Å²) in [5.41, 5.74) is 8.31. The van der Waals surface area contributed by atoms with E-state index in [0.717, 1.165) is 25.1 Å². The fourth-order valence-electron chi connectivity index (χ4n) is 1.97. The summed E-state index contributed by atoms with van der Waals surface area (Å²) in [6.07, 6.45) is 2.06. The molecule has 18 heavy (non-hydrogen) atoms. The van der Waals surface area contributed by atoms with E-state index in [2.05, 4.69) is 44.0 Å². The minimum Gasteiger partial charge on any atom is -0.496 e. The van der Waals surface area contributed by atoms with Crippen LogP contribution in [0.25, 0.3) is 0 Å². The highest BCUT2D eigenvalue weighted by Crippen LogP contribution is 2.20. The lowest BCUT2D eigenvalue weighted by atomic mass is 10.0. The van der Waals surface area contributed by atoms with Gasteiger partial charge < -0.3 is 15.4 Å². The zero-order chi connectivity index (χ0) is 13.5. The maximum atomic E-state index is 5.67. The molecule has 3 nitrogen and oxygen atoms in total. The van der Waals surface area contributed by atoms with Gasteiger partial charge in [-0.1, -0.05) is 19.1 Å². The van der Waals surface area contributed by atoms with Crippen molar-refractivity contribution >= 4 is 0 Å². The van der Waals surface area contributed by atoms with E-state index in [4.69, 9.17) is 10.5 Å². The van der Waals surface area contributed by atoms with Crippen LogP contribution in [0.5, 0.6) is 5.75 Å². The predicted octanol–water partition coefficient (Wildman–Crippen LogP) is 2.08. The number of methoxy groups -OCH3 is 1. The topological polar surface area (TPSA) is 38.5 Å². The van der Waals surface area contributed by atoms with Crippen LogP contribution in [0.4, 0.5) is 0 Å². The molecule has 102 valence electrons. The molecular weight excluding hydrogens is 224 g/mol. The number of likely N-dealkylation sites (N-methyl/N-ethyl adjacent to an activating group) is 1. The summed E-state index contributed by atoms with van der Waals surface area (Å²) >= 11 is 0. The van der Waals surface area contributed by atoms with Gasteiger partial charge in [0.2, 0.25) is 0 Å². The van der Waals surface area contributed by atoms with Crippen LogP contribution in [-0.2, 0) is 12.8 Å². The van der Waals surface area contributed by atoms with Gasteiger partial charge in [0.15, 0.2) is 0 Å². The molecule has 0 spiro atoms. The Kier molecular flexibility index (Phi) is 6.16. The maximum Gasteiger partial charge on any atom is 0.122 e. The highest BCUT2D eigenvalue weighted by Gasteiger charge is 2.08. The van der Waals surface area contributed by atoms with Crippen molar-refractivity contribution in [2.45, 2.75) is 32.7 Å². The molecule has 1 unspecified atom stereocenters. The molecule has 0 bridgehead atoms. The monoisotopic (exact) mass is 250 g/mol. The molecule has 1 atom stereocenters. The smallest absolute Gasteiger partial charge is 0.122 e. The van der Waals surface area contributed by atoms with Gasteiger partial charge in [0.25, 0.3) is 0 Å². The molecule has 0 saturated carbocycles. The van der Waals surface area contributed by atoms with Crippen LogP contribution in [0.1, 0.15) is 25.0 Å². The fraction of sp³-hybridized carbons (Fsp3) is 0.600. The molecule has 0 fully saturated rings. The van der Waals surface area contributed by atoms with Crippen molar-refractivity contribution in [1.29, 1.82) is 0 Å². The van der Waals surface area contributed by atoms with Crippen molar-refractivity contribution in [1.82, 2.24) is 4.90 Å². The number of aryl methyl sites for hydroxylation is 1. The van der Waals surface area contributed by atoms with E-state index < -0.39 is 0 Å². The molecule has 0 amide bonds. The average Bonchev–Trinajstić information content (AvgIpc) is 2.43. The van der Waals surface area contributed by atoms with Crippen LogP contribution < -0.4 is 10.5 Å². The number of nitrogens with zero attached hydrogens (tertiary/aromatic N) is 1. The molecule has 0 aliphatic rings. The first kappa shape index (κ1) is 15.0. The largest absolute Gasteiger partial charge is 0.496 e. The number of nitrogens with two attached hydrogens (primary N) is 1. The van der Waals surface area contributed by atoms with Gasteiger partial charge >= 0.3 is 0 Å². The summed E-state index contributed by atoms with van der Waals surface area (Å²) in [6.45, 7) is 6.06. The van der Waals surface area contributed by atoms with Crippen molar-refractivity contribution in [2.75, 3.05) is 27.2 Å². The average molecular weight is 250 g/mol. The quantitative estimate of drug-likeness (QED) is 0.805. The Labute approximate surface area is 111 Å². The zero-order valence-corrected chi connectivity index (χ0v) is 12.1. The van der Waals surface area contributed by atoms with Gasteiger partial charge in [0.05, 0.1) is 7.11 Å². The molecule has 0 aliphatic carbocycles. The van der Waals surface area contributed by atoms with Gasteiger partial charge in [-0.2, -0.15) is 0 Å². The minimum atomic E-state index is 0.439. The van der Waals surface area contributed by atoms with Crippen molar-refractivity contribution in [3.05, 3.63) is 29.3 Å². The lowest BCUT2D eigenvalue weighted by molar-refractivity contribution is 0.266. The van der Waals surface area contributed by atoms with Crippen LogP contribution in [0.15, 0.2) is 18.2 Å². The van der Waals surface area contributed by atoms with Crippen LogP contribution in [0.3, 0.4) is 0 Å². The standard InChI is InChI=1S/C15H26N2O/c1-5-14-10-13(6-7-15(14)18-4)8-9-17(3)12(2)11-16/h6-7,10,12H,5,8-9,11,16H2,1-4H3. The Hall–Kier alpha value is -1.06. The highest BCUT2D eigenvalue weighted by atomic mass is 16.5. The molecule has 0 heterocycles. The zero-order valence-electron chi connectivity index (χ0n) is 12.1. The van der Waals surface area contributed by atoms with Crippen molar-refractivity contribution in [2.24, 2.45) is 5.73 Å². The Bertz CT molecular complexity index is 366. The predicted molar refractivity (Wildman–Crippen MR) is 77.2 cm³/mol. The Morgan fingerprint density at radius 3 is 2.67 bits per heavy atom. The molecule has 0 aliphatic heterocycles. The second-order valence-corrected chi connectivity index (χ2v) is 4.82. The van der Waals surface area contributed by atoms with E-state index >= 15 is 0 Å². The summed E-state index contributed by atoms with van der Waals surface area (Å²) in [5, 5.41) is 0. The minimum absolute atomic E-state index is 0.439. The Balaban J connectivity index is 2.63. The maximum absolute atomic E-state index is 5.67. The molecular formula is C15H26N2O. The number of benzene rings is 1. The van der Waals surface area contributed by atoms with Gasteiger partial charge in [-0.25, -0.2) is 0 Å². The lowest BCUT2D eigenvalue weighted by Crippen LogP contribution is -2.36. The summed E-state index contributed by atoms with van der Waals surface area (Å²) in [6, 6.07) is 6.91. The van der Waals surface area contributed by atoms with Crippen LogP contribution in [0, 0.1) is 0 Å². The Morgan fingerprint density at radius 2 is 2.11 bits per heavy atom. The molecule has 1 rings (SSSR count). The third-order valence-corrected chi connectivity index (χ3v) is 3.57. The molecule has 0 aromatic heterocycles. The SMILES string of the molecule is CCc1cc(CCN(C)C(C)CN)ccc1OC. The molecule has 1 aromatic carbocycles. The fourth-order valence-corrected chi connectivity index (χ4v) is 1.97. The number of rotatable bonds is 7. The van der Waals surface area contributed by atoms with E-state index in [9.17, 15) is 0 Å². The lowest BCUT2D eigenvalue weighted by Gasteiger charge is -2.23. The van der Waals surface area contributed by atoms with Crippen LogP contribution >= 0.6 is 0 Å². The van der Waals surface area contributed by atoms with Gasteiger partial charge in [0, 0.05) is 19.1 Å². The van der Waals surface area contributed by atoms with Crippen LogP contribution in [-0.4, -0.2) is 38.2 Å². The van der Waals surface area contributed by atoms with E-state index in [1.54, 1.807) is 7.11 Å². The third kappa shape index (κ3) is 4.00. The molecule has 0 saturated heterocycles. The number of ether oxygens (including phenoxy) is 1. The van der Waals surface area contributed by atoms with E-state index in [0.29, 0.717) is 12.6 Å². The van der Waals surface area contributed by atoms with Crippen molar-refractivity contribution in [3.8, 4) is 5.75 Å². The summed E-state index contributed by atoms with van der Waals surface area (Å²) in [5.74, 6) is 0.991. The molecule has 1 aromatic rings.